The van der Waals surface area contributed by atoms with Crippen LogP contribution in [0.2, 0.25) is 0 Å². The fourth-order valence-corrected chi connectivity index (χ4v) is 3.33. The van der Waals surface area contributed by atoms with Crippen molar-refractivity contribution in [3.63, 3.8) is 0 Å². The van der Waals surface area contributed by atoms with Crippen molar-refractivity contribution < 1.29 is 14.7 Å². The van der Waals surface area contributed by atoms with Crippen LogP contribution in [-0.4, -0.2) is 28.0 Å². The lowest BCUT2D eigenvalue weighted by molar-refractivity contribution is -0.141. The largest absolute Gasteiger partial charge is 0.480 e. The molecule has 2 heterocycles. The zero-order chi connectivity index (χ0) is 15.2. The molecular formula is C14H14N2O3S2. The highest BCUT2D eigenvalue weighted by atomic mass is 32.1. The predicted octanol–water partition coefficient (Wildman–Crippen LogP) is 2.56. The molecule has 0 fully saturated rings. The van der Waals surface area contributed by atoms with E-state index in [1.165, 1.54) is 17.4 Å². The Hall–Kier alpha value is -1.99. The van der Waals surface area contributed by atoms with E-state index >= 15 is 0 Å². The highest BCUT2D eigenvalue weighted by molar-refractivity contribution is 7.20. The molecule has 7 heteroatoms. The van der Waals surface area contributed by atoms with Gasteiger partial charge in [0.15, 0.2) is 0 Å². The predicted molar refractivity (Wildman–Crippen MR) is 83.5 cm³/mol. The minimum absolute atomic E-state index is 0.0722. The molecule has 1 unspecified atom stereocenters. The van der Waals surface area contributed by atoms with Gasteiger partial charge in [-0.15, -0.1) is 29.3 Å². The molecule has 0 saturated heterocycles. The summed E-state index contributed by atoms with van der Waals surface area (Å²) >= 11 is 3.06. The summed E-state index contributed by atoms with van der Waals surface area (Å²) in [7, 11) is 0. The first-order valence-electron chi connectivity index (χ1n) is 6.21. The summed E-state index contributed by atoms with van der Waals surface area (Å²) in [5.74, 6) is -1.42. The third-order valence-electron chi connectivity index (χ3n) is 2.66. The van der Waals surface area contributed by atoms with Gasteiger partial charge in [0.1, 0.15) is 11.0 Å². The molecule has 2 N–H and O–H groups in total. The number of aromatic nitrogens is 1. The number of rotatable bonds is 7. The van der Waals surface area contributed by atoms with Gasteiger partial charge in [0.05, 0.1) is 17.0 Å². The minimum Gasteiger partial charge on any atom is -0.480 e. The summed E-state index contributed by atoms with van der Waals surface area (Å²) in [6.07, 6.45) is 1.73. The molecule has 0 aliphatic heterocycles. The lowest BCUT2D eigenvalue weighted by Gasteiger charge is -2.11. The topological polar surface area (TPSA) is 79.3 Å². The van der Waals surface area contributed by atoms with Gasteiger partial charge in [0, 0.05) is 5.38 Å². The van der Waals surface area contributed by atoms with E-state index in [9.17, 15) is 9.59 Å². The molecule has 5 nitrogen and oxygen atoms in total. The van der Waals surface area contributed by atoms with Gasteiger partial charge in [-0.3, -0.25) is 4.79 Å². The number of carbonyl (C=O) groups excluding carboxylic acids is 1. The summed E-state index contributed by atoms with van der Waals surface area (Å²) in [6.45, 7) is 3.48. The van der Waals surface area contributed by atoms with Gasteiger partial charge in [-0.1, -0.05) is 12.1 Å². The van der Waals surface area contributed by atoms with E-state index in [4.69, 9.17) is 5.11 Å². The van der Waals surface area contributed by atoms with Crippen molar-refractivity contribution in [3.8, 4) is 9.88 Å². The molecular weight excluding hydrogens is 308 g/mol. The Bertz CT molecular complexity index is 634. The first kappa shape index (κ1) is 15.4. The van der Waals surface area contributed by atoms with Crippen molar-refractivity contribution in [3.05, 3.63) is 41.2 Å². The van der Waals surface area contributed by atoms with Crippen molar-refractivity contribution in [1.29, 1.82) is 0 Å². The van der Waals surface area contributed by atoms with E-state index in [2.05, 4.69) is 16.9 Å². The van der Waals surface area contributed by atoms with Crippen molar-refractivity contribution in [2.45, 2.75) is 18.9 Å². The van der Waals surface area contributed by atoms with E-state index in [-0.39, 0.29) is 18.7 Å². The van der Waals surface area contributed by atoms with Crippen LogP contribution in [0.5, 0.6) is 0 Å². The minimum atomic E-state index is -1.07. The number of hydrogen-bond donors (Lipinski definition) is 2. The zero-order valence-corrected chi connectivity index (χ0v) is 12.7. The molecule has 0 aromatic carbocycles. The van der Waals surface area contributed by atoms with Crippen LogP contribution in [0.3, 0.4) is 0 Å². The maximum absolute atomic E-state index is 11.9. The Morgan fingerprint density at radius 3 is 2.90 bits per heavy atom. The van der Waals surface area contributed by atoms with Gasteiger partial charge in [0.2, 0.25) is 5.91 Å². The third-order valence-corrected chi connectivity index (χ3v) is 4.59. The quantitative estimate of drug-likeness (QED) is 0.768. The molecule has 110 valence electrons. The number of carboxylic acids is 1. The standard InChI is InChI=1S/C14H14N2O3S2/c1-2-4-10(14(18)19)16-12(17)7-9-8-21-13(15-9)11-5-3-6-20-11/h2-3,5-6,8,10H,1,4,7H2,(H,16,17)(H,18,19). The Morgan fingerprint density at radius 2 is 2.29 bits per heavy atom. The zero-order valence-electron chi connectivity index (χ0n) is 11.1. The van der Waals surface area contributed by atoms with Crippen LogP contribution in [-0.2, 0) is 16.0 Å². The number of carboxylic acid groups (broad SMARTS) is 1. The van der Waals surface area contributed by atoms with Crippen LogP contribution in [0.25, 0.3) is 9.88 Å². The van der Waals surface area contributed by atoms with Crippen LogP contribution in [0.15, 0.2) is 35.5 Å². The molecule has 1 amide bonds. The second-order valence-corrected chi connectivity index (χ2v) is 6.09. The van der Waals surface area contributed by atoms with Crippen LogP contribution in [0.4, 0.5) is 0 Å². The Kier molecular flexibility index (Phi) is 5.24. The third kappa shape index (κ3) is 4.24. The number of nitrogens with one attached hydrogen (secondary N) is 1. The van der Waals surface area contributed by atoms with Gasteiger partial charge in [-0.2, -0.15) is 0 Å². The van der Waals surface area contributed by atoms with Crippen molar-refractivity contribution in [2.75, 3.05) is 0 Å². The normalized spacial score (nSPS) is 11.8. The average molecular weight is 322 g/mol. The lowest BCUT2D eigenvalue weighted by Crippen LogP contribution is -2.41. The smallest absolute Gasteiger partial charge is 0.326 e. The van der Waals surface area contributed by atoms with E-state index in [1.807, 2.05) is 22.9 Å². The number of thiazole rings is 1. The number of carbonyl (C=O) groups is 2. The number of hydrogen-bond acceptors (Lipinski definition) is 5. The Morgan fingerprint density at radius 1 is 1.48 bits per heavy atom. The van der Waals surface area contributed by atoms with Crippen LogP contribution >= 0.6 is 22.7 Å². The summed E-state index contributed by atoms with van der Waals surface area (Å²) in [5, 5.41) is 16.1. The number of thiophene rings is 1. The monoisotopic (exact) mass is 322 g/mol. The molecule has 0 aliphatic rings. The molecule has 2 aromatic heterocycles. The first-order valence-corrected chi connectivity index (χ1v) is 7.97. The molecule has 0 saturated carbocycles. The van der Waals surface area contributed by atoms with Gasteiger partial charge in [-0.05, 0) is 17.9 Å². The van der Waals surface area contributed by atoms with Crippen LogP contribution < -0.4 is 5.32 Å². The molecule has 21 heavy (non-hydrogen) atoms. The molecule has 1 atom stereocenters. The molecule has 0 spiro atoms. The maximum Gasteiger partial charge on any atom is 0.326 e. The van der Waals surface area contributed by atoms with E-state index in [0.717, 1.165) is 9.88 Å². The molecule has 0 radical (unpaired) electrons. The first-order chi connectivity index (χ1) is 10.1. The maximum atomic E-state index is 11.9. The SMILES string of the molecule is C=CCC(NC(=O)Cc1csc(-c2cccs2)n1)C(=O)O. The van der Waals surface area contributed by atoms with E-state index in [0.29, 0.717) is 5.69 Å². The number of amides is 1. The van der Waals surface area contributed by atoms with E-state index < -0.39 is 12.0 Å². The molecule has 0 bridgehead atoms. The van der Waals surface area contributed by atoms with Crippen molar-refractivity contribution in [2.24, 2.45) is 0 Å². The number of nitrogens with zero attached hydrogens (tertiary/aromatic N) is 1. The second kappa shape index (κ2) is 7.14. The number of aliphatic carboxylic acids is 1. The fraction of sp³-hybridized carbons (Fsp3) is 0.214. The summed E-state index contributed by atoms with van der Waals surface area (Å²) in [4.78, 5) is 28.3. The van der Waals surface area contributed by atoms with Gasteiger partial charge >= 0.3 is 5.97 Å². The van der Waals surface area contributed by atoms with Gasteiger partial charge < -0.3 is 10.4 Å². The summed E-state index contributed by atoms with van der Waals surface area (Å²) < 4.78 is 0. The highest BCUT2D eigenvalue weighted by Crippen LogP contribution is 2.27. The Balaban J connectivity index is 1.96. The van der Waals surface area contributed by atoms with Gasteiger partial charge in [0.25, 0.3) is 0 Å². The van der Waals surface area contributed by atoms with Crippen LogP contribution in [0.1, 0.15) is 12.1 Å². The average Bonchev–Trinajstić information content (AvgIpc) is 3.08. The molecule has 2 aromatic rings. The molecule has 0 aliphatic carbocycles. The summed E-state index contributed by atoms with van der Waals surface area (Å²) in [6, 6.07) is 2.98. The lowest BCUT2D eigenvalue weighted by atomic mass is 10.2. The Labute approximate surface area is 130 Å². The fourth-order valence-electron chi connectivity index (χ4n) is 1.70. The van der Waals surface area contributed by atoms with E-state index in [1.54, 1.807) is 11.3 Å². The second-order valence-electron chi connectivity index (χ2n) is 4.28. The van der Waals surface area contributed by atoms with Crippen LogP contribution in [0, 0.1) is 0 Å². The van der Waals surface area contributed by atoms with Crippen molar-refractivity contribution >= 4 is 34.6 Å². The summed E-state index contributed by atoms with van der Waals surface area (Å²) in [5.41, 5.74) is 0.642. The van der Waals surface area contributed by atoms with Gasteiger partial charge in [-0.25, -0.2) is 9.78 Å². The molecule has 2 rings (SSSR count). The highest BCUT2D eigenvalue weighted by Gasteiger charge is 2.19. The van der Waals surface area contributed by atoms with Crippen molar-refractivity contribution in [1.82, 2.24) is 10.3 Å².